The van der Waals surface area contributed by atoms with Crippen molar-refractivity contribution in [3.05, 3.63) is 0 Å². The minimum atomic E-state index is -3.76. The van der Waals surface area contributed by atoms with Gasteiger partial charge in [-0.05, 0) is 11.6 Å². The lowest BCUT2D eigenvalue weighted by Gasteiger charge is -2.15. The second-order valence-electron chi connectivity index (χ2n) is 1.60. The quantitative estimate of drug-likeness (QED) is 0.532. The zero-order chi connectivity index (χ0) is 8.36. The third-order valence-corrected chi connectivity index (χ3v) is 1.78. The van der Waals surface area contributed by atoms with Crippen LogP contribution in [0.4, 0.5) is 13.2 Å². The van der Waals surface area contributed by atoms with Gasteiger partial charge in [0.1, 0.15) is 5.25 Å². The molecule has 0 rings (SSSR count). The van der Waals surface area contributed by atoms with Crippen LogP contribution < -0.4 is 0 Å². The smallest absolute Gasteiger partial charge is 0.280 e. The van der Waals surface area contributed by atoms with Crippen LogP contribution in [0.25, 0.3) is 0 Å². The summed E-state index contributed by atoms with van der Waals surface area (Å²) in [6, 6.07) is 0. The lowest BCUT2D eigenvalue weighted by molar-refractivity contribution is -0.118. The molecule has 0 radical (unpaired) electrons. The SMILES string of the molecule is O=C(Cl)C(S)C(F)(F)CF. The molecule has 0 aliphatic carbocycles. The zero-order valence-corrected chi connectivity index (χ0v) is 6.30. The molecule has 0 aromatic heterocycles. The summed E-state index contributed by atoms with van der Waals surface area (Å²) in [7, 11) is 0. The highest BCUT2D eigenvalue weighted by molar-refractivity contribution is 7.82. The fourth-order valence-corrected chi connectivity index (χ4v) is 0.468. The van der Waals surface area contributed by atoms with Gasteiger partial charge in [0.05, 0.1) is 0 Å². The molecule has 0 amide bonds. The van der Waals surface area contributed by atoms with Gasteiger partial charge in [0.15, 0.2) is 6.67 Å². The first kappa shape index (κ1) is 10.1. The summed E-state index contributed by atoms with van der Waals surface area (Å²) < 4.78 is 35.5. The summed E-state index contributed by atoms with van der Waals surface area (Å²) in [6.45, 7) is -1.93. The molecule has 0 aliphatic heterocycles. The average Bonchev–Trinajstić information content (AvgIpc) is 1.86. The van der Waals surface area contributed by atoms with E-state index in [0.717, 1.165) is 0 Å². The van der Waals surface area contributed by atoms with Gasteiger partial charge in [-0.2, -0.15) is 12.6 Å². The van der Waals surface area contributed by atoms with Gasteiger partial charge in [-0.15, -0.1) is 0 Å². The third-order valence-electron chi connectivity index (χ3n) is 0.793. The maximum Gasteiger partial charge on any atom is 0.295 e. The molecular weight excluding hydrogens is 189 g/mol. The molecular formula is C4H4ClF3OS. The monoisotopic (exact) mass is 192 g/mol. The molecule has 0 saturated carbocycles. The van der Waals surface area contributed by atoms with E-state index < -0.39 is 23.1 Å². The van der Waals surface area contributed by atoms with Crippen molar-refractivity contribution in [1.82, 2.24) is 0 Å². The van der Waals surface area contributed by atoms with Gasteiger partial charge >= 0.3 is 0 Å². The van der Waals surface area contributed by atoms with Crippen LogP contribution in [0.1, 0.15) is 0 Å². The molecule has 1 unspecified atom stereocenters. The predicted molar refractivity (Wildman–Crippen MR) is 34.6 cm³/mol. The molecule has 0 saturated heterocycles. The molecule has 0 spiro atoms. The normalized spacial score (nSPS) is 14.9. The Labute approximate surface area is 66.0 Å². The van der Waals surface area contributed by atoms with E-state index in [1.54, 1.807) is 0 Å². The Kier molecular flexibility index (Phi) is 3.51. The Morgan fingerprint density at radius 1 is 1.70 bits per heavy atom. The number of thiol groups is 1. The van der Waals surface area contributed by atoms with E-state index in [-0.39, 0.29) is 0 Å². The molecule has 0 aromatic carbocycles. The fourth-order valence-electron chi connectivity index (χ4n) is 0.239. The van der Waals surface area contributed by atoms with Gasteiger partial charge in [0.2, 0.25) is 5.24 Å². The maximum atomic E-state index is 12.0. The molecule has 0 aromatic rings. The predicted octanol–water partition coefficient (Wildman–Crippen LogP) is 1.66. The molecule has 0 fully saturated rings. The van der Waals surface area contributed by atoms with Crippen LogP contribution >= 0.6 is 24.2 Å². The number of rotatable bonds is 3. The van der Waals surface area contributed by atoms with Crippen molar-refractivity contribution in [1.29, 1.82) is 0 Å². The van der Waals surface area contributed by atoms with Crippen molar-refractivity contribution < 1.29 is 18.0 Å². The average molecular weight is 193 g/mol. The van der Waals surface area contributed by atoms with Gasteiger partial charge in [0, 0.05) is 0 Å². The van der Waals surface area contributed by atoms with Crippen molar-refractivity contribution in [2.45, 2.75) is 11.2 Å². The van der Waals surface area contributed by atoms with E-state index >= 15 is 0 Å². The van der Waals surface area contributed by atoms with Crippen molar-refractivity contribution in [3.8, 4) is 0 Å². The number of carbonyl (C=O) groups is 1. The summed E-state index contributed by atoms with van der Waals surface area (Å²) in [4.78, 5) is 9.99. The molecule has 60 valence electrons. The first-order valence-electron chi connectivity index (χ1n) is 2.23. The van der Waals surface area contributed by atoms with Gasteiger partial charge in [-0.1, -0.05) is 0 Å². The maximum absolute atomic E-state index is 12.0. The van der Waals surface area contributed by atoms with Crippen LogP contribution in [0.5, 0.6) is 0 Å². The minimum absolute atomic E-state index is 1.36. The van der Waals surface area contributed by atoms with E-state index in [1.807, 2.05) is 0 Å². The summed E-state index contributed by atoms with van der Waals surface area (Å²) in [5, 5.41) is -3.41. The number of carbonyl (C=O) groups excluding carboxylic acids is 1. The minimum Gasteiger partial charge on any atom is -0.280 e. The molecule has 6 heteroatoms. The highest BCUT2D eigenvalue weighted by Crippen LogP contribution is 2.25. The molecule has 1 atom stereocenters. The van der Waals surface area contributed by atoms with Crippen LogP contribution in [0.2, 0.25) is 0 Å². The van der Waals surface area contributed by atoms with Gasteiger partial charge in [-0.3, -0.25) is 4.79 Å². The number of halogens is 4. The second-order valence-corrected chi connectivity index (χ2v) is 2.49. The van der Waals surface area contributed by atoms with Crippen LogP contribution in [-0.4, -0.2) is 23.1 Å². The van der Waals surface area contributed by atoms with Gasteiger partial charge < -0.3 is 0 Å². The van der Waals surface area contributed by atoms with Crippen LogP contribution in [0, 0.1) is 0 Å². The molecule has 0 N–H and O–H groups in total. The second kappa shape index (κ2) is 3.48. The zero-order valence-electron chi connectivity index (χ0n) is 4.65. The molecule has 0 bridgehead atoms. The largest absolute Gasteiger partial charge is 0.295 e. The van der Waals surface area contributed by atoms with Crippen molar-refractivity contribution >= 4 is 29.5 Å². The van der Waals surface area contributed by atoms with Crippen LogP contribution in [0.3, 0.4) is 0 Å². The number of hydrogen-bond acceptors (Lipinski definition) is 2. The number of hydrogen-bond donors (Lipinski definition) is 1. The van der Waals surface area contributed by atoms with E-state index in [9.17, 15) is 18.0 Å². The third kappa shape index (κ3) is 2.38. The Morgan fingerprint density at radius 2 is 2.10 bits per heavy atom. The van der Waals surface area contributed by atoms with Gasteiger partial charge in [-0.25, -0.2) is 13.2 Å². The topological polar surface area (TPSA) is 17.1 Å². The molecule has 1 nitrogen and oxygen atoms in total. The number of alkyl halides is 3. The van der Waals surface area contributed by atoms with Crippen molar-refractivity contribution in [3.63, 3.8) is 0 Å². The van der Waals surface area contributed by atoms with Crippen molar-refractivity contribution in [2.75, 3.05) is 6.67 Å². The molecule has 0 heterocycles. The van der Waals surface area contributed by atoms with E-state index in [2.05, 4.69) is 24.2 Å². The summed E-state index contributed by atoms with van der Waals surface area (Å²) in [6.07, 6.45) is 0. The van der Waals surface area contributed by atoms with Crippen molar-refractivity contribution in [2.24, 2.45) is 0 Å². The van der Waals surface area contributed by atoms with Crippen LogP contribution in [0.15, 0.2) is 0 Å². The highest BCUT2D eigenvalue weighted by Gasteiger charge is 2.41. The Hall–Kier alpha value is 0.1000. The summed E-state index contributed by atoms with van der Waals surface area (Å²) in [5.74, 6) is -3.76. The Bertz CT molecular complexity index is 140. The highest BCUT2D eigenvalue weighted by atomic mass is 35.5. The first-order valence-corrected chi connectivity index (χ1v) is 3.12. The lowest BCUT2D eigenvalue weighted by Crippen LogP contribution is -2.35. The fraction of sp³-hybridized carbons (Fsp3) is 0.750. The van der Waals surface area contributed by atoms with Crippen LogP contribution in [-0.2, 0) is 4.79 Å². The molecule has 10 heavy (non-hydrogen) atoms. The van der Waals surface area contributed by atoms with E-state index in [1.165, 1.54) is 0 Å². The molecule has 0 aliphatic rings. The Morgan fingerprint density at radius 3 is 2.20 bits per heavy atom. The summed E-state index contributed by atoms with van der Waals surface area (Å²) >= 11 is 7.74. The standard InChI is InChI=1S/C4H4ClF3OS/c5-3(9)2(10)4(7,8)1-6/h2,10H,1H2. The lowest BCUT2D eigenvalue weighted by atomic mass is 10.3. The van der Waals surface area contributed by atoms with E-state index in [4.69, 9.17) is 0 Å². The summed E-state index contributed by atoms with van der Waals surface area (Å²) in [5.41, 5.74) is 0. The first-order chi connectivity index (χ1) is 4.41. The van der Waals surface area contributed by atoms with Gasteiger partial charge in [0.25, 0.3) is 5.92 Å². The Balaban J connectivity index is 4.17. The van der Waals surface area contributed by atoms with E-state index in [0.29, 0.717) is 0 Å².